The Morgan fingerprint density at radius 2 is 1.83 bits per heavy atom. The summed E-state index contributed by atoms with van der Waals surface area (Å²) in [5, 5.41) is 1.98. The van der Waals surface area contributed by atoms with Gasteiger partial charge in [-0.3, -0.25) is 4.79 Å². The van der Waals surface area contributed by atoms with Crippen LogP contribution in [0.5, 0.6) is 5.75 Å². The van der Waals surface area contributed by atoms with Crippen LogP contribution in [-0.4, -0.2) is 41.5 Å². The summed E-state index contributed by atoms with van der Waals surface area (Å²) in [5.41, 5.74) is 5.00. The number of amides is 1. The lowest BCUT2D eigenvalue weighted by Gasteiger charge is -2.33. The highest BCUT2D eigenvalue weighted by atomic mass is 35.5. The molecule has 3 aromatic carbocycles. The van der Waals surface area contributed by atoms with E-state index in [2.05, 4.69) is 4.98 Å². The summed E-state index contributed by atoms with van der Waals surface area (Å²) in [5.74, 6) is -0.706. The van der Waals surface area contributed by atoms with E-state index in [0.717, 1.165) is 33.3 Å². The summed E-state index contributed by atoms with van der Waals surface area (Å²) in [6, 6.07) is 19.9. The fraction of sp³-hybridized carbons (Fsp3) is 0.219. The average Bonchev–Trinajstić information content (AvgIpc) is 3.35. The molecule has 6 rings (SSSR count). The fourth-order valence-corrected chi connectivity index (χ4v) is 5.76. The summed E-state index contributed by atoms with van der Waals surface area (Å²) in [6.07, 6.45) is 0.759. The van der Waals surface area contributed by atoms with Crippen molar-refractivity contribution in [3.63, 3.8) is 0 Å². The molecule has 2 aromatic heterocycles. The molecule has 0 saturated heterocycles. The molecule has 41 heavy (non-hydrogen) atoms. The summed E-state index contributed by atoms with van der Waals surface area (Å²) in [7, 11) is 1.31. The van der Waals surface area contributed by atoms with Crippen LogP contribution in [0.15, 0.2) is 75.9 Å². The van der Waals surface area contributed by atoms with Crippen LogP contribution in [0.3, 0.4) is 0 Å². The number of ether oxygens (including phenoxy) is 2. The molecule has 0 radical (unpaired) electrons. The molecule has 0 fully saturated rings. The van der Waals surface area contributed by atoms with Crippen LogP contribution < -0.4 is 10.4 Å². The van der Waals surface area contributed by atoms with E-state index in [-0.39, 0.29) is 23.9 Å². The largest absolute Gasteiger partial charge is 0.482 e. The molecule has 1 amide bonds. The first kappa shape index (κ1) is 26.7. The molecule has 9 heteroatoms. The van der Waals surface area contributed by atoms with Gasteiger partial charge in [-0.15, -0.1) is 0 Å². The first-order valence-electron chi connectivity index (χ1n) is 13.2. The number of carbonyl (C=O) groups is 2. The number of halogens is 1. The van der Waals surface area contributed by atoms with Gasteiger partial charge in [0.25, 0.3) is 5.91 Å². The van der Waals surface area contributed by atoms with Crippen LogP contribution in [0.2, 0.25) is 5.02 Å². The highest BCUT2D eigenvalue weighted by Crippen LogP contribution is 2.34. The Labute approximate surface area is 240 Å². The van der Waals surface area contributed by atoms with E-state index >= 15 is 0 Å². The monoisotopic (exact) mass is 570 g/mol. The van der Waals surface area contributed by atoms with Gasteiger partial charge < -0.3 is 23.8 Å². The molecule has 1 N–H and O–H groups in total. The molecule has 8 nitrogen and oxygen atoms in total. The Morgan fingerprint density at radius 1 is 1.07 bits per heavy atom. The van der Waals surface area contributed by atoms with Crippen molar-refractivity contribution in [2.75, 3.05) is 13.7 Å². The smallest absolute Gasteiger partial charge is 0.340 e. The first-order valence-corrected chi connectivity index (χ1v) is 13.6. The number of hydrogen-bond donors (Lipinski definition) is 1. The van der Waals surface area contributed by atoms with Gasteiger partial charge in [-0.25, -0.2) is 9.59 Å². The third kappa shape index (κ3) is 4.95. The maximum absolute atomic E-state index is 13.4. The van der Waals surface area contributed by atoms with Gasteiger partial charge in [-0.2, -0.15) is 0 Å². The SMILES string of the molecule is COC(=O)[C@@H]1Cc2c([nH]c3ccccc23)CN1C(=O)COc1cc2oc(=O)c(Cc3ccccc3)c(C)c2cc1Cl. The molecule has 5 aromatic rings. The number of rotatable bonds is 6. The molecule has 3 heterocycles. The van der Waals surface area contributed by atoms with Crippen LogP contribution in [0.1, 0.15) is 27.9 Å². The van der Waals surface area contributed by atoms with E-state index in [4.69, 9.17) is 25.5 Å². The van der Waals surface area contributed by atoms with E-state index in [1.54, 1.807) is 6.07 Å². The Balaban J connectivity index is 1.25. The van der Waals surface area contributed by atoms with Crippen LogP contribution in [-0.2, 0) is 33.7 Å². The van der Waals surface area contributed by atoms with Crippen molar-refractivity contribution in [3.8, 4) is 5.75 Å². The van der Waals surface area contributed by atoms with Gasteiger partial charge in [0.15, 0.2) is 6.61 Å². The maximum Gasteiger partial charge on any atom is 0.340 e. The highest BCUT2D eigenvalue weighted by Gasteiger charge is 2.37. The fourth-order valence-electron chi connectivity index (χ4n) is 5.54. The number of aromatic amines is 1. The predicted molar refractivity (Wildman–Crippen MR) is 155 cm³/mol. The van der Waals surface area contributed by atoms with Crippen molar-refractivity contribution >= 4 is 45.3 Å². The van der Waals surface area contributed by atoms with Crippen LogP contribution >= 0.6 is 11.6 Å². The van der Waals surface area contributed by atoms with Gasteiger partial charge in [0.05, 0.1) is 18.7 Å². The molecule has 0 saturated carbocycles. The molecule has 0 spiro atoms. The molecule has 0 unspecified atom stereocenters. The van der Waals surface area contributed by atoms with Gasteiger partial charge in [0.1, 0.15) is 17.4 Å². The minimum Gasteiger partial charge on any atom is -0.482 e. The zero-order chi connectivity index (χ0) is 28.7. The van der Waals surface area contributed by atoms with Gasteiger partial charge in [0, 0.05) is 46.5 Å². The number of esters is 1. The number of nitrogens with one attached hydrogen (secondary N) is 1. The molecule has 0 aliphatic carbocycles. The van der Waals surface area contributed by atoms with Gasteiger partial charge in [-0.1, -0.05) is 60.1 Å². The minimum absolute atomic E-state index is 0.198. The quantitative estimate of drug-likeness (QED) is 0.219. The molecule has 208 valence electrons. The third-order valence-corrected chi connectivity index (χ3v) is 8.01. The van der Waals surface area contributed by atoms with Crippen molar-refractivity contribution in [2.24, 2.45) is 0 Å². The number of fused-ring (bicyclic) bond motifs is 4. The minimum atomic E-state index is -0.793. The van der Waals surface area contributed by atoms with Crippen molar-refractivity contribution in [1.29, 1.82) is 0 Å². The second-order valence-corrected chi connectivity index (χ2v) is 10.5. The van der Waals surface area contributed by atoms with Gasteiger partial charge in [-0.05, 0) is 35.7 Å². The number of benzene rings is 3. The average molecular weight is 571 g/mol. The lowest BCUT2D eigenvalue weighted by Crippen LogP contribution is -2.50. The van der Waals surface area contributed by atoms with Crippen molar-refractivity contribution in [3.05, 3.63) is 110 Å². The Morgan fingerprint density at radius 3 is 2.61 bits per heavy atom. The van der Waals surface area contributed by atoms with E-state index in [9.17, 15) is 14.4 Å². The molecule has 1 aliphatic rings. The van der Waals surface area contributed by atoms with Crippen LogP contribution in [0.4, 0.5) is 0 Å². The van der Waals surface area contributed by atoms with Gasteiger partial charge in [0.2, 0.25) is 0 Å². The Hall–Kier alpha value is -4.56. The number of hydrogen-bond acceptors (Lipinski definition) is 6. The number of methoxy groups -OCH3 is 1. The van der Waals surface area contributed by atoms with Crippen molar-refractivity contribution < 1.29 is 23.5 Å². The van der Waals surface area contributed by atoms with Gasteiger partial charge >= 0.3 is 11.6 Å². The lowest BCUT2D eigenvalue weighted by molar-refractivity contribution is -0.154. The lowest BCUT2D eigenvalue weighted by atomic mass is 9.96. The van der Waals surface area contributed by atoms with Crippen molar-refractivity contribution in [2.45, 2.75) is 32.4 Å². The summed E-state index contributed by atoms with van der Waals surface area (Å²) in [4.78, 5) is 43.8. The molecule has 1 aliphatic heterocycles. The van der Waals surface area contributed by atoms with E-state index in [1.165, 1.54) is 18.1 Å². The number of nitrogens with zero attached hydrogens (tertiary/aromatic N) is 1. The topological polar surface area (TPSA) is 102 Å². The first-order chi connectivity index (χ1) is 19.8. The Kier molecular flexibility index (Phi) is 7.01. The molecule has 1 atom stereocenters. The summed E-state index contributed by atoms with van der Waals surface area (Å²) >= 11 is 6.56. The zero-order valence-corrected chi connectivity index (χ0v) is 23.3. The number of para-hydroxylation sites is 1. The Bertz CT molecular complexity index is 1860. The molecule has 0 bridgehead atoms. The number of H-pyrrole nitrogens is 1. The highest BCUT2D eigenvalue weighted by molar-refractivity contribution is 6.32. The summed E-state index contributed by atoms with van der Waals surface area (Å²) < 4.78 is 16.5. The number of aryl methyl sites for hydroxylation is 1. The maximum atomic E-state index is 13.4. The normalized spacial score (nSPS) is 14.7. The molecular weight excluding hydrogens is 544 g/mol. The predicted octanol–water partition coefficient (Wildman–Crippen LogP) is 5.33. The summed E-state index contributed by atoms with van der Waals surface area (Å²) in [6.45, 7) is 1.69. The number of aromatic nitrogens is 1. The second kappa shape index (κ2) is 10.8. The van der Waals surface area contributed by atoms with Crippen molar-refractivity contribution in [1.82, 2.24) is 9.88 Å². The third-order valence-electron chi connectivity index (χ3n) is 7.71. The zero-order valence-electron chi connectivity index (χ0n) is 22.5. The van der Waals surface area contributed by atoms with E-state index in [0.29, 0.717) is 29.4 Å². The second-order valence-electron chi connectivity index (χ2n) is 10.1. The van der Waals surface area contributed by atoms with Crippen LogP contribution in [0.25, 0.3) is 21.9 Å². The standard InChI is InChI=1S/C32H27ClN2O6/c1-18-21-13-24(33)29(15-28(21)41-31(37)22(18)12-19-8-4-3-5-9-19)40-17-30(36)35-16-26-23(14-27(35)32(38)39-2)20-10-6-7-11-25(20)34-26/h3-11,13,15,27,34H,12,14,16-17H2,1-2H3/t27-/m0/s1. The number of carbonyl (C=O) groups excluding carboxylic acids is 2. The van der Waals surface area contributed by atoms with E-state index in [1.807, 2.05) is 61.5 Å². The van der Waals surface area contributed by atoms with Crippen LogP contribution in [0, 0.1) is 6.92 Å². The molecular formula is C32H27ClN2O6. The van der Waals surface area contributed by atoms with E-state index < -0.39 is 23.5 Å².